The molecule has 1 aliphatic carbocycles. The van der Waals surface area contributed by atoms with Gasteiger partial charge in [-0.2, -0.15) is 0 Å². The molecule has 2 heterocycles. The summed E-state index contributed by atoms with van der Waals surface area (Å²) in [5.41, 5.74) is 3.88. The number of benzene rings is 1. The minimum atomic E-state index is -0.0868. The molecule has 1 N–H and O–H groups in total. The van der Waals surface area contributed by atoms with Gasteiger partial charge in [-0.1, -0.05) is 30.3 Å². The summed E-state index contributed by atoms with van der Waals surface area (Å²) in [6, 6.07) is 12.4. The lowest BCUT2D eigenvalue weighted by Gasteiger charge is -2.26. The van der Waals surface area contributed by atoms with E-state index in [0.717, 1.165) is 34.9 Å². The number of fused-ring (bicyclic) bond motifs is 1. The summed E-state index contributed by atoms with van der Waals surface area (Å²) in [4.78, 5) is 23.4. The molecule has 2 aromatic heterocycles. The van der Waals surface area contributed by atoms with Gasteiger partial charge in [-0.3, -0.25) is 4.79 Å². The summed E-state index contributed by atoms with van der Waals surface area (Å²) in [6.45, 7) is 1.89. The number of aromatic nitrogens is 2. The Labute approximate surface area is 167 Å². The molecule has 138 valence electrons. The van der Waals surface area contributed by atoms with E-state index in [-0.39, 0.29) is 11.9 Å². The van der Waals surface area contributed by atoms with Crippen molar-refractivity contribution >= 4 is 29.0 Å². The summed E-state index contributed by atoms with van der Waals surface area (Å²) in [7, 11) is 0. The topological polar surface area (TPSA) is 54.9 Å². The monoisotopic (exact) mass is 395 g/mol. The molecule has 1 aromatic carbocycles. The lowest BCUT2D eigenvalue weighted by atomic mass is 9.87. The first kappa shape index (κ1) is 18.2. The molecule has 6 heteroatoms. The van der Waals surface area contributed by atoms with Gasteiger partial charge in [0.15, 0.2) is 5.82 Å². The van der Waals surface area contributed by atoms with E-state index in [1.807, 2.05) is 36.8 Å². The number of nitrogens with zero attached hydrogens (tertiary/aromatic N) is 2. The molecular weight excluding hydrogens is 374 g/mol. The minimum absolute atomic E-state index is 0.0496. The summed E-state index contributed by atoms with van der Waals surface area (Å²) in [5.74, 6) is 0.600. The van der Waals surface area contributed by atoms with Gasteiger partial charge in [0.2, 0.25) is 0 Å². The number of nitrogens with one attached hydrogen (secondary N) is 1. The lowest BCUT2D eigenvalue weighted by molar-refractivity contribution is 0.0928. The highest BCUT2D eigenvalue weighted by Crippen LogP contribution is 2.31. The molecule has 0 radical (unpaired) electrons. The molecule has 0 aliphatic heterocycles. The zero-order chi connectivity index (χ0) is 18.8. The van der Waals surface area contributed by atoms with Gasteiger partial charge in [-0.25, -0.2) is 9.97 Å². The van der Waals surface area contributed by atoms with Gasteiger partial charge in [-0.15, -0.1) is 23.1 Å². The quantitative estimate of drug-likeness (QED) is 0.496. The Morgan fingerprint density at radius 3 is 2.85 bits per heavy atom. The second-order valence-electron chi connectivity index (χ2n) is 6.61. The first-order valence-electron chi connectivity index (χ1n) is 9.02. The van der Waals surface area contributed by atoms with Crippen LogP contribution in [-0.4, -0.2) is 22.1 Å². The number of thiophene rings is 1. The van der Waals surface area contributed by atoms with Gasteiger partial charge >= 0.3 is 0 Å². The largest absolute Gasteiger partial charge is 0.345 e. The van der Waals surface area contributed by atoms with Crippen molar-refractivity contribution in [1.29, 1.82) is 0 Å². The Kier molecular flexibility index (Phi) is 5.27. The van der Waals surface area contributed by atoms with E-state index >= 15 is 0 Å². The van der Waals surface area contributed by atoms with Gasteiger partial charge in [0.05, 0.1) is 22.2 Å². The molecule has 1 amide bonds. The van der Waals surface area contributed by atoms with E-state index in [1.165, 1.54) is 22.9 Å². The summed E-state index contributed by atoms with van der Waals surface area (Å²) in [5, 5.41) is 5.97. The SMILES string of the molecule is CSc1nc(-c2cccs2)nc(C)c1C(=O)NC1CCCc2ccccc21. The fourth-order valence-corrected chi connectivity index (χ4v) is 4.89. The highest BCUT2D eigenvalue weighted by molar-refractivity contribution is 7.98. The maximum Gasteiger partial charge on any atom is 0.256 e. The van der Waals surface area contributed by atoms with Crippen LogP contribution in [0.2, 0.25) is 0 Å². The highest BCUT2D eigenvalue weighted by Gasteiger charge is 2.25. The third-order valence-corrected chi connectivity index (χ3v) is 6.44. The van der Waals surface area contributed by atoms with Gasteiger partial charge in [-0.05, 0) is 55.0 Å². The van der Waals surface area contributed by atoms with Crippen molar-refractivity contribution in [2.24, 2.45) is 0 Å². The number of aryl methyl sites for hydroxylation is 2. The molecule has 0 fully saturated rings. The van der Waals surface area contributed by atoms with Crippen LogP contribution in [0, 0.1) is 6.92 Å². The first-order chi connectivity index (χ1) is 13.2. The Hall–Kier alpha value is -2.18. The van der Waals surface area contributed by atoms with Crippen molar-refractivity contribution < 1.29 is 4.79 Å². The number of carbonyl (C=O) groups excluding carboxylic acids is 1. The third-order valence-electron chi connectivity index (χ3n) is 4.89. The zero-order valence-corrected chi connectivity index (χ0v) is 17.0. The maximum absolute atomic E-state index is 13.1. The fourth-order valence-electron chi connectivity index (χ4n) is 3.61. The van der Waals surface area contributed by atoms with E-state index in [0.29, 0.717) is 11.4 Å². The predicted molar refractivity (Wildman–Crippen MR) is 111 cm³/mol. The van der Waals surface area contributed by atoms with E-state index in [4.69, 9.17) is 0 Å². The number of hydrogen-bond donors (Lipinski definition) is 1. The van der Waals surface area contributed by atoms with Crippen molar-refractivity contribution in [1.82, 2.24) is 15.3 Å². The van der Waals surface area contributed by atoms with Crippen LogP contribution in [0.5, 0.6) is 0 Å². The Morgan fingerprint density at radius 2 is 2.07 bits per heavy atom. The van der Waals surface area contributed by atoms with Crippen LogP contribution < -0.4 is 5.32 Å². The molecule has 1 atom stereocenters. The van der Waals surface area contributed by atoms with Crippen molar-refractivity contribution in [3.63, 3.8) is 0 Å². The molecule has 0 bridgehead atoms. The molecule has 0 saturated carbocycles. The summed E-state index contributed by atoms with van der Waals surface area (Å²) >= 11 is 3.09. The Balaban J connectivity index is 1.65. The van der Waals surface area contributed by atoms with Crippen LogP contribution in [0.15, 0.2) is 46.8 Å². The van der Waals surface area contributed by atoms with Crippen molar-refractivity contribution in [2.75, 3.05) is 6.26 Å². The maximum atomic E-state index is 13.1. The highest BCUT2D eigenvalue weighted by atomic mass is 32.2. The Bertz CT molecular complexity index is 970. The molecule has 27 heavy (non-hydrogen) atoms. The molecule has 0 saturated heterocycles. The van der Waals surface area contributed by atoms with E-state index < -0.39 is 0 Å². The van der Waals surface area contributed by atoms with Gasteiger partial charge in [0, 0.05) is 0 Å². The van der Waals surface area contributed by atoms with Crippen LogP contribution in [0.25, 0.3) is 10.7 Å². The zero-order valence-electron chi connectivity index (χ0n) is 15.4. The predicted octanol–water partition coefficient (Wildman–Crippen LogP) is 5.04. The van der Waals surface area contributed by atoms with E-state index in [2.05, 4.69) is 33.5 Å². The number of carbonyl (C=O) groups is 1. The Morgan fingerprint density at radius 1 is 1.22 bits per heavy atom. The van der Waals surface area contributed by atoms with Crippen molar-refractivity contribution in [3.05, 3.63) is 64.2 Å². The second-order valence-corrected chi connectivity index (χ2v) is 8.35. The molecule has 4 nitrogen and oxygen atoms in total. The fraction of sp³-hybridized carbons (Fsp3) is 0.286. The van der Waals surface area contributed by atoms with Crippen molar-refractivity contribution in [2.45, 2.75) is 37.3 Å². The molecule has 1 unspecified atom stereocenters. The van der Waals surface area contributed by atoms with Crippen LogP contribution in [0.4, 0.5) is 0 Å². The number of thioether (sulfide) groups is 1. The molecule has 3 aromatic rings. The van der Waals surface area contributed by atoms with E-state index in [1.54, 1.807) is 11.3 Å². The van der Waals surface area contributed by atoms with Crippen LogP contribution in [-0.2, 0) is 6.42 Å². The molecular formula is C21H21N3OS2. The van der Waals surface area contributed by atoms with Crippen LogP contribution >= 0.6 is 23.1 Å². The molecule has 1 aliphatic rings. The minimum Gasteiger partial charge on any atom is -0.345 e. The normalized spacial score (nSPS) is 16.0. The van der Waals surface area contributed by atoms with Gasteiger partial charge in [0.1, 0.15) is 5.03 Å². The molecule has 4 rings (SSSR count). The summed E-state index contributed by atoms with van der Waals surface area (Å²) in [6.07, 6.45) is 5.08. The second kappa shape index (κ2) is 7.82. The van der Waals surface area contributed by atoms with E-state index in [9.17, 15) is 4.79 Å². The standard InChI is InChI=1S/C21H21N3OS2/c1-13-18(21(26-2)24-19(22-13)17-11-6-12-27-17)20(25)23-16-10-5-8-14-7-3-4-9-15(14)16/h3-4,6-7,9,11-12,16H,5,8,10H2,1-2H3,(H,23,25). The third kappa shape index (κ3) is 3.64. The number of rotatable bonds is 4. The average molecular weight is 396 g/mol. The van der Waals surface area contributed by atoms with Crippen molar-refractivity contribution in [3.8, 4) is 10.7 Å². The van der Waals surface area contributed by atoms with Gasteiger partial charge in [0.25, 0.3) is 5.91 Å². The summed E-state index contributed by atoms with van der Waals surface area (Å²) < 4.78 is 0. The molecule has 0 spiro atoms. The number of hydrogen-bond acceptors (Lipinski definition) is 5. The van der Waals surface area contributed by atoms with Gasteiger partial charge < -0.3 is 5.32 Å². The average Bonchev–Trinajstić information content (AvgIpc) is 3.22. The first-order valence-corrected chi connectivity index (χ1v) is 11.1. The number of amides is 1. The smallest absolute Gasteiger partial charge is 0.256 e. The lowest BCUT2D eigenvalue weighted by Crippen LogP contribution is -2.32. The van der Waals surface area contributed by atoms with Crippen LogP contribution in [0.1, 0.15) is 46.1 Å². The van der Waals surface area contributed by atoms with Crippen LogP contribution in [0.3, 0.4) is 0 Å².